The number of benzene rings is 1. The third-order valence-corrected chi connectivity index (χ3v) is 4.36. The van der Waals surface area contributed by atoms with Crippen molar-refractivity contribution in [2.24, 2.45) is 0 Å². The van der Waals surface area contributed by atoms with Gasteiger partial charge in [-0.15, -0.1) is 5.10 Å². The van der Waals surface area contributed by atoms with Gasteiger partial charge in [0.2, 0.25) is 0 Å². The minimum atomic E-state index is 0.00314. The van der Waals surface area contributed by atoms with E-state index in [0.717, 1.165) is 10.9 Å². The Morgan fingerprint density at radius 1 is 1.48 bits per heavy atom. The summed E-state index contributed by atoms with van der Waals surface area (Å²) in [5.74, 6) is 0.678. The molecule has 0 bridgehead atoms. The number of hydrogen-bond donors (Lipinski definition) is 0. The maximum absolute atomic E-state index is 12.6. The highest BCUT2D eigenvalue weighted by molar-refractivity contribution is 9.10. The number of rotatable bonds is 3. The summed E-state index contributed by atoms with van der Waals surface area (Å²) in [5.41, 5.74) is 0.619. The Bertz CT molecular complexity index is 644. The number of amides is 1. The van der Waals surface area contributed by atoms with Crippen LogP contribution in [0.2, 0.25) is 0 Å². The van der Waals surface area contributed by atoms with Gasteiger partial charge in [-0.3, -0.25) is 4.79 Å². The monoisotopic (exact) mass is 350 g/mol. The average Bonchev–Trinajstić information content (AvgIpc) is 3.18. The third-order valence-electron chi connectivity index (χ3n) is 3.67. The van der Waals surface area contributed by atoms with Crippen molar-refractivity contribution in [2.75, 3.05) is 20.2 Å². The molecule has 1 aromatic heterocycles. The van der Waals surface area contributed by atoms with Crippen LogP contribution in [0.25, 0.3) is 0 Å². The zero-order valence-corrected chi connectivity index (χ0v) is 13.2. The fourth-order valence-corrected chi connectivity index (χ4v) is 2.94. The predicted molar refractivity (Wildman–Crippen MR) is 80.3 cm³/mol. The molecule has 0 aliphatic carbocycles. The van der Waals surface area contributed by atoms with Crippen molar-refractivity contribution in [1.29, 1.82) is 0 Å². The minimum Gasteiger partial charge on any atom is -0.497 e. The Balaban J connectivity index is 1.77. The van der Waals surface area contributed by atoms with E-state index in [1.54, 1.807) is 19.4 Å². The van der Waals surface area contributed by atoms with Crippen LogP contribution in [-0.4, -0.2) is 46.0 Å². The van der Waals surface area contributed by atoms with Gasteiger partial charge in [-0.2, -0.15) is 0 Å². The lowest BCUT2D eigenvalue weighted by atomic mass is 10.2. The minimum absolute atomic E-state index is 0.00314. The van der Waals surface area contributed by atoms with E-state index in [4.69, 9.17) is 4.74 Å². The predicted octanol–water partition coefficient (Wildman–Crippen LogP) is 2.14. The summed E-state index contributed by atoms with van der Waals surface area (Å²) in [5, 5.41) is 7.83. The number of carbonyl (C=O) groups excluding carboxylic acids is 1. The van der Waals surface area contributed by atoms with Gasteiger partial charge >= 0.3 is 0 Å². The van der Waals surface area contributed by atoms with Crippen molar-refractivity contribution in [3.05, 3.63) is 40.6 Å². The number of aromatic nitrogens is 3. The highest BCUT2D eigenvalue weighted by Crippen LogP contribution is 2.27. The lowest BCUT2D eigenvalue weighted by molar-refractivity contribution is 0.0785. The Labute approximate surface area is 130 Å². The van der Waals surface area contributed by atoms with Gasteiger partial charge < -0.3 is 9.64 Å². The molecular formula is C14H15BrN4O2. The maximum atomic E-state index is 12.6. The largest absolute Gasteiger partial charge is 0.497 e. The summed E-state index contributed by atoms with van der Waals surface area (Å²) in [7, 11) is 1.59. The molecule has 1 saturated heterocycles. The van der Waals surface area contributed by atoms with Gasteiger partial charge in [-0.1, -0.05) is 5.21 Å². The van der Waals surface area contributed by atoms with Crippen LogP contribution in [0.4, 0.5) is 0 Å². The van der Waals surface area contributed by atoms with Crippen molar-refractivity contribution in [3.63, 3.8) is 0 Å². The van der Waals surface area contributed by atoms with Crippen LogP contribution in [0.5, 0.6) is 5.75 Å². The van der Waals surface area contributed by atoms with E-state index in [1.807, 2.05) is 27.9 Å². The van der Waals surface area contributed by atoms with Gasteiger partial charge in [0.15, 0.2) is 0 Å². The van der Waals surface area contributed by atoms with Crippen LogP contribution in [0.3, 0.4) is 0 Å². The zero-order chi connectivity index (χ0) is 14.8. The fraction of sp³-hybridized carbons (Fsp3) is 0.357. The summed E-state index contributed by atoms with van der Waals surface area (Å²) in [6, 6.07) is 5.61. The first-order chi connectivity index (χ1) is 10.2. The van der Waals surface area contributed by atoms with Gasteiger partial charge in [0.05, 0.1) is 24.9 Å². The number of methoxy groups -OCH3 is 1. The Morgan fingerprint density at radius 3 is 3.05 bits per heavy atom. The number of hydrogen-bond acceptors (Lipinski definition) is 4. The average molecular weight is 351 g/mol. The second-order valence-corrected chi connectivity index (χ2v) is 5.78. The Kier molecular flexibility index (Phi) is 3.92. The molecule has 1 aromatic carbocycles. The normalized spacial score (nSPS) is 18.0. The second-order valence-electron chi connectivity index (χ2n) is 4.92. The van der Waals surface area contributed by atoms with Crippen LogP contribution < -0.4 is 4.74 Å². The molecule has 0 spiro atoms. The molecule has 0 N–H and O–H groups in total. The van der Waals surface area contributed by atoms with Crippen LogP contribution in [0.15, 0.2) is 35.1 Å². The highest BCUT2D eigenvalue weighted by Gasteiger charge is 2.29. The number of likely N-dealkylation sites (tertiary alicyclic amines) is 1. The van der Waals surface area contributed by atoms with Crippen LogP contribution in [0.1, 0.15) is 22.8 Å². The molecule has 1 aliphatic heterocycles. The summed E-state index contributed by atoms with van der Waals surface area (Å²) in [4.78, 5) is 14.5. The van der Waals surface area contributed by atoms with Crippen molar-refractivity contribution in [2.45, 2.75) is 12.5 Å². The molecule has 110 valence electrons. The summed E-state index contributed by atoms with van der Waals surface area (Å²) >= 11 is 3.43. The van der Waals surface area contributed by atoms with Crippen LogP contribution in [-0.2, 0) is 0 Å². The van der Waals surface area contributed by atoms with E-state index >= 15 is 0 Å². The highest BCUT2D eigenvalue weighted by atomic mass is 79.9. The first kappa shape index (κ1) is 14.1. The second kappa shape index (κ2) is 5.85. The van der Waals surface area contributed by atoms with Gasteiger partial charge in [0, 0.05) is 23.8 Å². The van der Waals surface area contributed by atoms with E-state index in [0.29, 0.717) is 24.4 Å². The molecule has 0 saturated carbocycles. The molecule has 1 unspecified atom stereocenters. The summed E-state index contributed by atoms with van der Waals surface area (Å²) in [6.07, 6.45) is 4.37. The van der Waals surface area contributed by atoms with E-state index in [9.17, 15) is 4.79 Å². The number of nitrogens with zero attached hydrogens (tertiary/aromatic N) is 4. The Hall–Kier alpha value is -1.89. The standard InChI is InChI=1S/C14H15BrN4O2/c1-21-11-2-3-13(15)12(8-11)14(20)18-6-4-10(9-18)19-7-5-16-17-19/h2-3,5,7-8,10H,4,6,9H2,1H3. The molecule has 2 aromatic rings. The lowest BCUT2D eigenvalue weighted by Crippen LogP contribution is -2.29. The quantitative estimate of drug-likeness (QED) is 0.850. The van der Waals surface area contributed by atoms with Crippen molar-refractivity contribution >= 4 is 21.8 Å². The van der Waals surface area contributed by atoms with Crippen molar-refractivity contribution in [3.8, 4) is 5.75 Å². The van der Waals surface area contributed by atoms with Crippen molar-refractivity contribution in [1.82, 2.24) is 19.9 Å². The molecule has 3 rings (SSSR count). The molecule has 1 amide bonds. The lowest BCUT2D eigenvalue weighted by Gasteiger charge is -2.18. The van der Waals surface area contributed by atoms with E-state index < -0.39 is 0 Å². The summed E-state index contributed by atoms with van der Waals surface area (Å²) in [6.45, 7) is 1.36. The molecule has 0 radical (unpaired) electrons. The molecule has 1 aliphatic rings. The van der Waals surface area contributed by atoms with Gasteiger partial charge in [-0.25, -0.2) is 4.68 Å². The van der Waals surface area contributed by atoms with E-state index in [1.165, 1.54) is 0 Å². The SMILES string of the molecule is COc1ccc(Br)c(C(=O)N2CCC(n3ccnn3)C2)c1. The molecule has 7 heteroatoms. The molecule has 1 fully saturated rings. The number of carbonyl (C=O) groups is 1. The van der Waals surface area contributed by atoms with Gasteiger partial charge in [-0.05, 0) is 40.5 Å². The number of ether oxygens (including phenoxy) is 1. The first-order valence-electron chi connectivity index (χ1n) is 6.67. The molecular weight excluding hydrogens is 336 g/mol. The van der Waals surface area contributed by atoms with Crippen molar-refractivity contribution < 1.29 is 9.53 Å². The maximum Gasteiger partial charge on any atom is 0.255 e. The zero-order valence-electron chi connectivity index (χ0n) is 11.6. The fourth-order valence-electron chi connectivity index (χ4n) is 2.52. The Morgan fingerprint density at radius 2 is 2.33 bits per heavy atom. The topological polar surface area (TPSA) is 60.2 Å². The first-order valence-corrected chi connectivity index (χ1v) is 7.47. The van der Waals surface area contributed by atoms with Crippen LogP contribution >= 0.6 is 15.9 Å². The third kappa shape index (κ3) is 2.78. The van der Waals surface area contributed by atoms with Gasteiger partial charge in [0.1, 0.15) is 5.75 Å². The molecule has 21 heavy (non-hydrogen) atoms. The van der Waals surface area contributed by atoms with E-state index in [2.05, 4.69) is 26.2 Å². The van der Waals surface area contributed by atoms with Crippen LogP contribution in [0, 0.1) is 0 Å². The van der Waals surface area contributed by atoms with E-state index in [-0.39, 0.29) is 11.9 Å². The molecule has 2 heterocycles. The molecule has 1 atom stereocenters. The smallest absolute Gasteiger partial charge is 0.255 e. The summed E-state index contributed by atoms with van der Waals surface area (Å²) < 4.78 is 7.78. The van der Waals surface area contributed by atoms with Gasteiger partial charge in [0.25, 0.3) is 5.91 Å². The molecule has 6 nitrogen and oxygen atoms in total. The number of halogens is 1.